The number of benzene rings is 3. The van der Waals surface area contributed by atoms with Gasteiger partial charge in [-0.1, -0.05) is 50.2 Å². The molecule has 1 heterocycles. The first kappa shape index (κ1) is 36.4. The zero-order chi connectivity index (χ0) is 34.2. The fourth-order valence-electron chi connectivity index (χ4n) is 4.61. The summed E-state index contributed by atoms with van der Waals surface area (Å²) < 4.78 is 32.8. The Morgan fingerprint density at radius 1 is 0.771 bits per heavy atom. The van der Waals surface area contributed by atoms with Gasteiger partial charge in [0, 0.05) is 12.7 Å². The Labute approximate surface area is 283 Å². The molecular formula is C39H46O9. The van der Waals surface area contributed by atoms with E-state index in [0.29, 0.717) is 56.7 Å². The second-order valence-electron chi connectivity index (χ2n) is 12.1. The molecule has 3 aromatic carbocycles. The molecule has 0 amide bonds. The van der Waals surface area contributed by atoms with Gasteiger partial charge in [0.1, 0.15) is 17.1 Å². The summed E-state index contributed by atoms with van der Waals surface area (Å²) in [6, 6.07) is 21.9. The van der Waals surface area contributed by atoms with E-state index in [0.717, 1.165) is 48.8 Å². The zero-order valence-corrected chi connectivity index (χ0v) is 28.1. The van der Waals surface area contributed by atoms with Crippen LogP contribution in [-0.2, 0) is 28.5 Å². The Balaban J connectivity index is 1.13. The molecule has 0 N–H and O–H groups in total. The Bertz CT molecular complexity index is 1470. The van der Waals surface area contributed by atoms with E-state index in [2.05, 4.69) is 0 Å². The molecule has 256 valence electrons. The molecule has 1 aliphatic rings. The average Bonchev–Trinajstić information content (AvgIpc) is 3.09. The highest BCUT2D eigenvalue weighted by molar-refractivity contribution is 5.91. The maximum absolute atomic E-state index is 12.7. The summed E-state index contributed by atoms with van der Waals surface area (Å²) in [6.07, 6.45) is 6.97. The molecule has 1 unspecified atom stereocenters. The number of hydrogen-bond acceptors (Lipinski definition) is 9. The van der Waals surface area contributed by atoms with Crippen molar-refractivity contribution in [1.82, 2.24) is 0 Å². The van der Waals surface area contributed by atoms with Crippen LogP contribution >= 0.6 is 0 Å². The fourth-order valence-corrected chi connectivity index (χ4v) is 4.61. The normalized spacial score (nSPS) is 14.1. The van der Waals surface area contributed by atoms with Gasteiger partial charge in [-0.15, -0.1) is 0 Å². The number of carbonyl (C=O) groups is 3. The van der Waals surface area contributed by atoms with Crippen molar-refractivity contribution in [1.29, 1.82) is 0 Å². The summed E-state index contributed by atoms with van der Waals surface area (Å²) >= 11 is 0. The van der Waals surface area contributed by atoms with E-state index in [1.54, 1.807) is 42.5 Å². The molecule has 1 atom stereocenters. The fraction of sp³-hybridized carbons (Fsp3) is 0.410. The largest absolute Gasteiger partial charge is 0.494 e. The molecule has 1 fully saturated rings. The maximum atomic E-state index is 12.7. The Kier molecular flexibility index (Phi) is 14.2. The van der Waals surface area contributed by atoms with Gasteiger partial charge < -0.3 is 28.4 Å². The van der Waals surface area contributed by atoms with Crippen LogP contribution in [0.5, 0.6) is 11.5 Å². The topological polar surface area (TPSA) is 107 Å². The molecule has 1 saturated heterocycles. The summed E-state index contributed by atoms with van der Waals surface area (Å²) in [6.45, 7) is 8.98. The van der Waals surface area contributed by atoms with E-state index < -0.39 is 5.97 Å². The third kappa shape index (κ3) is 12.0. The molecule has 0 aromatic heterocycles. The van der Waals surface area contributed by atoms with Gasteiger partial charge >= 0.3 is 17.9 Å². The lowest BCUT2D eigenvalue weighted by atomic mass is 10.0. The Morgan fingerprint density at radius 2 is 1.35 bits per heavy atom. The molecule has 4 rings (SSSR count). The smallest absolute Gasteiger partial charge is 0.343 e. The second kappa shape index (κ2) is 18.8. The summed E-state index contributed by atoms with van der Waals surface area (Å²) in [4.78, 5) is 36.4. The van der Waals surface area contributed by atoms with Crippen LogP contribution in [0.3, 0.4) is 0 Å². The minimum absolute atomic E-state index is 0.0751. The van der Waals surface area contributed by atoms with Crippen molar-refractivity contribution < 1.29 is 42.8 Å². The van der Waals surface area contributed by atoms with E-state index >= 15 is 0 Å². The predicted octanol–water partition coefficient (Wildman–Crippen LogP) is 7.46. The summed E-state index contributed by atoms with van der Waals surface area (Å²) in [5, 5.41) is 0. The van der Waals surface area contributed by atoms with Crippen molar-refractivity contribution in [2.24, 2.45) is 5.92 Å². The number of unbranched alkanes of at least 4 members (excludes halogenated alkanes) is 2. The highest BCUT2D eigenvalue weighted by atomic mass is 16.6. The Hall–Kier alpha value is -4.47. The molecule has 9 nitrogen and oxygen atoms in total. The van der Waals surface area contributed by atoms with Crippen molar-refractivity contribution in [2.45, 2.75) is 58.5 Å². The summed E-state index contributed by atoms with van der Waals surface area (Å²) in [5.74, 6) is 0.0112. The van der Waals surface area contributed by atoms with Crippen molar-refractivity contribution >= 4 is 24.0 Å². The molecule has 0 spiro atoms. The van der Waals surface area contributed by atoms with Crippen molar-refractivity contribution in [2.75, 3.05) is 39.6 Å². The van der Waals surface area contributed by atoms with Crippen LogP contribution in [0.4, 0.5) is 0 Å². The summed E-state index contributed by atoms with van der Waals surface area (Å²) in [5.41, 5.74) is 3.08. The van der Waals surface area contributed by atoms with Gasteiger partial charge in [-0.3, -0.25) is 4.79 Å². The van der Waals surface area contributed by atoms with Crippen LogP contribution in [0, 0.1) is 5.92 Å². The van der Waals surface area contributed by atoms with Gasteiger partial charge in [0.05, 0.1) is 44.5 Å². The third-order valence-electron chi connectivity index (χ3n) is 7.93. The van der Waals surface area contributed by atoms with Gasteiger partial charge in [0.2, 0.25) is 0 Å². The van der Waals surface area contributed by atoms with E-state index in [-0.39, 0.29) is 23.5 Å². The van der Waals surface area contributed by atoms with Gasteiger partial charge in [-0.25, -0.2) is 9.59 Å². The number of hydrogen-bond donors (Lipinski definition) is 0. The van der Waals surface area contributed by atoms with E-state index in [1.165, 1.54) is 6.08 Å². The maximum Gasteiger partial charge on any atom is 0.343 e. The summed E-state index contributed by atoms with van der Waals surface area (Å²) in [7, 11) is 0. The number of carbonyl (C=O) groups excluding carboxylic acids is 3. The molecular weight excluding hydrogens is 612 g/mol. The first-order valence-electron chi connectivity index (χ1n) is 16.6. The minimum Gasteiger partial charge on any atom is -0.494 e. The minimum atomic E-state index is -0.463. The molecule has 9 heteroatoms. The number of ether oxygens (including phenoxy) is 6. The second-order valence-corrected chi connectivity index (χ2v) is 12.1. The third-order valence-corrected chi connectivity index (χ3v) is 7.93. The monoisotopic (exact) mass is 658 g/mol. The molecule has 48 heavy (non-hydrogen) atoms. The SMILES string of the molecule is CCC(C)C(=O)OCCCCOc1ccc(C(=O)Oc2ccc(-c3ccc(/C=C/C(=O)OCCCCOC4(C)COC4)cc3)cc2)cc1. The van der Waals surface area contributed by atoms with Crippen LogP contribution in [0.1, 0.15) is 68.8 Å². The predicted molar refractivity (Wildman–Crippen MR) is 183 cm³/mol. The van der Waals surface area contributed by atoms with Crippen LogP contribution in [-0.4, -0.2) is 63.2 Å². The van der Waals surface area contributed by atoms with Crippen molar-refractivity contribution in [3.05, 3.63) is 90.0 Å². The number of rotatable bonds is 19. The zero-order valence-electron chi connectivity index (χ0n) is 28.1. The van der Waals surface area contributed by atoms with Crippen LogP contribution in [0.25, 0.3) is 17.2 Å². The van der Waals surface area contributed by atoms with Crippen LogP contribution in [0.2, 0.25) is 0 Å². The van der Waals surface area contributed by atoms with E-state index in [9.17, 15) is 14.4 Å². The lowest BCUT2D eigenvalue weighted by Crippen LogP contribution is -2.49. The quantitative estimate of drug-likeness (QED) is 0.0561. The first-order chi connectivity index (χ1) is 23.2. The Morgan fingerprint density at radius 3 is 1.98 bits per heavy atom. The molecule has 3 aromatic rings. The van der Waals surface area contributed by atoms with E-state index in [1.807, 2.05) is 57.2 Å². The molecule has 1 aliphatic heterocycles. The lowest BCUT2D eigenvalue weighted by molar-refractivity contribution is -0.199. The van der Waals surface area contributed by atoms with E-state index in [4.69, 9.17) is 28.4 Å². The molecule has 0 saturated carbocycles. The van der Waals surface area contributed by atoms with Gasteiger partial charge in [-0.2, -0.15) is 0 Å². The highest BCUT2D eigenvalue weighted by Gasteiger charge is 2.33. The molecule has 0 radical (unpaired) electrons. The van der Waals surface area contributed by atoms with Crippen LogP contribution in [0.15, 0.2) is 78.9 Å². The van der Waals surface area contributed by atoms with Gasteiger partial charge in [0.15, 0.2) is 0 Å². The van der Waals surface area contributed by atoms with Crippen molar-refractivity contribution in [3.63, 3.8) is 0 Å². The van der Waals surface area contributed by atoms with Crippen molar-refractivity contribution in [3.8, 4) is 22.6 Å². The van der Waals surface area contributed by atoms with Crippen LogP contribution < -0.4 is 9.47 Å². The highest BCUT2D eigenvalue weighted by Crippen LogP contribution is 2.24. The first-order valence-corrected chi connectivity index (χ1v) is 16.6. The lowest BCUT2D eigenvalue weighted by Gasteiger charge is -2.37. The molecule has 0 bridgehead atoms. The molecule has 0 aliphatic carbocycles. The van der Waals surface area contributed by atoms with Gasteiger partial charge in [-0.05, 0) is 98.2 Å². The number of esters is 3. The van der Waals surface area contributed by atoms with Gasteiger partial charge in [0.25, 0.3) is 0 Å². The standard InChI is InChI=1S/C39H46O9/c1-4-29(2)37(41)46-25-6-5-23-44-34-18-16-33(17-19-34)38(42)48-35-20-14-32(15-21-35)31-12-9-30(10-13-31)11-22-36(40)45-24-7-8-26-47-39(3)27-43-28-39/h9-22,29H,4-8,23-28H2,1-3H3/b22-11+. The average molecular weight is 659 g/mol.